The molecule has 8 heteroatoms. The third-order valence-corrected chi connectivity index (χ3v) is 4.04. The highest BCUT2D eigenvalue weighted by atomic mass is 32.1. The quantitative estimate of drug-likeness (QED) is 0.696. The lowest BCUT2D eigenvalue weighted by atomic mass is 9.95. The van der Waals surface area contributed by atoms with E-state index < -0.39 is 17.3 Å². The maximum atomic E-state index is 13.3. The molecule has 3 N–H and O–H groups in total. The van der Waals surface area contributed by atoms with E-state index in [2.05, 4.69) is 15.5 Å². The second-order valence-electron chi connectivity index (χ2n) is 6.00. The molecule has 0 saturated heterocycles. The predicted molar refractivity (Wildman–Crippen MR) is 90.5 cm³/mol. The minimum atomic E-state index is -1.81. The number of aliphatic hydroxyl groups is 1. The van der Waals surface area contributed by atoms with Crippen molar-refractivity contribution in [3.05, 3.63) is 46.2 Å². The van der Waals surface area contributed by atoms with E-state index in [-0.39, 0.29) is 18.2 Å². The molecule has 0 aliphatic rings. The zero-order valence-electron chi connectivity index (χ0n) is 13.8. The Kier molecular flexibility index (Phi) is 5.51. The van der Waals surface area contributed by atoms with Crippen LogP contribution in [0, 0.1) is 10.6 Å². The number of amides is 1. The summed E-state index contributed by atoms with van der Waals surface area (Å²) in [5.41, 5.74) is -1.62. The molecular formula is C16H21FN4O2S. The van der Waals surface area contributed by atoms with E-state index in [0.29, 0.717) is 11.2 Å². The van der Waals surface area contributed by atoms with Gasteiger partial charge < -0.3 is 15.0 Å². The summed E-state index contributed by atoms with van der Waals surface area (Å²) >= 11 is 5.17. The Labute approximate surface area is 144 Å². The maximum absolute atomic E-state index is 13.3. The van der Waals surface area contributed by atoms with E-state index >= 15 is 0 Å². The van der Waals surface area contributed by atoms with Gasteiger partial charge in [-0.15, -0.1) is 0 Å². The molecule has 0 spiro atoms. The number of hydrogen-bond acceptors (Lipinski definition) is 4. The number of carbonyl (C=O) groups is 1. The first-order chi connectivity index (χ1) is 11.2. The van der Waals surface area contributed by atoms with Crippen molar-refractivity contribution in [1.29, 1.82) is 0 Å². The minimum absolute atomic E-state index is 0.150. The van der Waals surface area contributed by atoms with Crippen LogP contribution in [-0.2, 0) is 16.8 Å². The summed E-state index contributed by atoms with van der Waals surface area (Å²) in [5.74, 6) is -0.382. The zero-order chi connectivity index (χ0) is 17.9. The highest BCUT2D eigenvalue weighted by Crippen LogP contribution is 2.21. The van der Waals surface area contributed by atoms with E-state index in [4.69, 9.17) is 12.2 Å². The monoisotopic (exact) mass is 352 g/mol. The number of nitrogens with one attached hydrogen (secondary N) is 2. The summed E-state index contributed by atoms with van der Waals surface area (Å²) in [6.45, 7) is 5.59. The molecule has 0 aliphatic heterocycles. The van der Waals surface area contributed by atoms with Crippen LogP contribution in [-0.4, -0.2) is 32.3 Å². The first kappa shape index (κ1) is 18.3. The van der Waals surface area contributed by atoms with Crippen LogP contribution in [0.1, 0.15) is 38.2 Å². The summed E-state index contributed by atoms with van der Waals surface area (Å²) < 4.78 is 15.7. The van der Waals surface area contributed by atoms with Gasteiger partial charge in [-0.25, -0.2) is 4.39 Å². The number of benzene rings is 1. The van der Waals surface area contributed by atoms with Gasteiger partial charge in [-0.2, -0.15) is 5.10 Å². The average molecular weight is 352 g/mol. The van der Waals surface area contributed by atoms with Gasteiger partial charge in [0.25, 0.3) is 5.91 Å². The Bertz CT molecular complexity index is 782. The van der Waals surface area contributed by atoms with E-state index in [1.165, 1.54) is 25.1 Å². The molecule has 0 bridgehead atoms. The van der Waals surface area contributed by atoms with Crippen LogP contribution in [0.5, 0.6) is 0 Å². The Balaban J connectivity index is 2.02. The SMILES string of the molecule is CC(C)n1c(CCNC(=O)[C@@](C)(O)c2cccc(F)c2)n[nH]c1=S. The average Bonchev–Trinajstić information content (AvgIpc) is 2.88. The first-order valence-electron chi connectivity index (χ1n) is 7.66. The van der Waals surface area contributed by atoms with Crippen LogP contribution in [0.2, 0.25) is 0 Å². The summed E-state index contributed by atoms with van der Waals surface area (Å²) in [7, 11) is 0. The van der Waals surface area contributed by atoms with E-state index in [1.54, 1.807) is 0 Å². The molecule has 1 aromatic heterocycles. The highest BCUT2D eigenvalue weighted by molar-refractivity contribution is 7.71. The summed E-state index contributed by atoms with van der Waals surface area (Å²) in [6.07, 6.45) is 0.455. The van der Waals surface area contributed by atoms with Gasteiger partial charge in [0.05, 0.1) is 0 Å². The lowest BCUT2D eigenvalue weighted by Gasteiger charge is -2.23. The number of halogens is 1. The van der Waals surface area contributed by atoms with Crippen molar-refractivity contribution in [3.8, 4) is 0 Å². The van der Waals surface area contributed by atoms with Gasteiger partial charge >= 0.3 is 0 Å². The molecule has 0 radical (unpaired) electrons. The van der Waals surface area contributed by atoms with Gasteiger partial charge in [0.15, 0.2) is 10.4 Å². The third-order valence-electron chi connectivity index (χ3n) is 3.76. The van der Waals surface area contributed by atoms with Crippen molar-refractivity contribution in [1.82, 2.24) is 20.1 Å². The number of aromatic amines is 1. The van der Waals surface area contributed by atoms with E-state index in [0.717, 1.165) is 11.9 Å². The third kappa shape index (κ3) is 3.88. The van der Waals surface area contributed by atoms with E-state index in [9.17, 15) is 14.3 Å². The van der Waals surface area contributed by atoms with Crippen molar-refractivity contribution in [2.24, 2.45) is 0 Å². The summed E-state index contributed by atoms with van der Waals surface area (Å²) in [4.78, 5) is 12.3. The molecule has 2 aromatic rings. The molecule has 2 rings (SSSR count). The van der Waals surface area contributed by atoms with Crippen LogP contribution in [0.25, 0.3) is 0 Å². The smallest absolute Gasteiger partial charge is 0.256 e. The molecule has 24 heavy (non-hydrogen) atoms. The summed E-state index contributed by atoms with van der Waals surface area (Å²) in [6, 6.07) is 5.51. The van der Waals surface area contributed by atoms with Crippen molar-refractivity contribution in [2.45, 2.75) is 38.8 Å². The molecule has 6 nitrogen and oxygen atoms in total. The molecule has 0 unspecified atom stereocenters. The molecule has 0 saturated carbocycles. The van der Waals surface area contributed by atoms with Crippen LogP contribution in [0.4, 0.5) is 4.39 Å². The molecule has 1 atom stereocenters. The fraction of sp³-hybridized carbons (Fsp3) is 0.438. The molecule has 1 amide bonds. The lowest BCUT2D eigenvalue weighted by molar-refractivity contribution is -0.138. The number of aromatic nitrogens is 3. The Morgan fingerprint density at radius 3 is 2.88 bits per heavy atom. The fourth-order valence-electron chi connectivity index (χ4n) is 2.43. The fourth-order valence-corrected chi connectivity index (χ4v) is 2.79. The Morgan fingerprint density at radius 2 is 2.25 bits per heavy atom. The highest BCUT2D eigenvalue weighted by Gasteiger charge is 2.32. The standard InChI is InChI=1S/C16H21FN4O2S/c1-10(2)21-13(19-20-15(21)24)7-8-18-14(22)16(3,23)11-5-4-6-12(17)9-11/h4-6,9-10,23H,7-8H2,1-3H3,(H,18,22)(H,20,24)/t16-/m0/s1. The van der Waals surface area contributed by atoms with Gasteiger partial charge in [-0.1, -0.05) is 12.1 Å². The first-order valence-corrected chi connectivity index (χ1v) is 8.06. The largest absolute Gasteiger partial charge is 0.376 e. The van der Waals surface area contributed by atoms with Gasteiger partial charge in [0, 0.05) is 19.0 Å². The van der Waals surface area contributed by atoms with Crippen molar-refractivity contribution in [2.75, 3.05) is 6.54 Å². The molecule has 0 fully saturated rings. The van der Waals surface area contributed by atoms with Gasteiger partial charge in [-0.3, -0.25) is 9.89 Å². The molecular weight excluding hydrogens is 331 g/mol. The Hall–Kier alpha value is -2.06. The predicted octanol–water partition coefficient (Wildman–Crippen LogP) is 2.23. The van der Waals surface area contributed by atoms with Crippen LogP contribution >= 0.6 is 12.2 Å². The number of H-pyrrole nitrogens is 1. The van der Waals surface area contributed by atoms with Gasteiger partial charge in [-0.05, 0) is 50.7 Å². The van der Waals surface area contributed by atoms with Crippen molar-refractivity contribution < 1.29 is 14.3 Å². The van der Waals surface area contributed by atoms with Gasteiger partial charge in [0.1, 0.15) is 11.6 Å². The van der Waals surface area contributed by atoms with Crippen LogP contribution < -0.4 is 5.32 Å². The van der Waals surface area contributed by atoms with Crippen LogP contribution in [0.15, 0.2) is 24.3 Å². The Morgan fingerprint density at radius 1 is 1.54 bits per heavy atom. The number of hydrogen-bond donors (Lipinski definition) is 3. The van der Waals surface area contributed by atoms with Gasteiger partial charge in [0.2, 0.25) is 0 Å². The van der Waals surface area contributed by atoms with Crippen molar-refractivity contribution in [3.63, 3.8) is 0 Å². The number of rotatable bonds is 6. The van der Waals surface area contributed by atoms with E-state index in [1.807, 2.05) is 18.4 Å². The van der Waals surface area contributed by atoms with Crippen LogP contribution in [0.3, 0.4) is 0 Å². The van der Waals surface area contributed by atoms with Crippen molar-refractivity contribution >= 4 is 18.1 Å². The lowest BCUT2D eigenvalue weighted by Crippen LogP contribution is -2.43. The molecule has 130 valence electrons. The molecule has 1 heterocycles. The number of carbonyl (C=O) groups excluding carboxylic acids is 1. The number of nitrogens with zero attached hydrogens (tertiary/aromatic N) is 2. The molecule has 0 aliphatic carbocycles. The normalized spacial score (nSPS) is 13.8. The molecule has 1 aromatic carbocycles. The second-order valence-corrected chi connectivity index (χ2v) is 6.38. The minimum Gasteiger partial charge on any atom is -0.376 e. The topological polar surface area (TPSA) is 82.9 Å². The maximum Gasteiger partial charge on any atom is 0.256 e. The zero-order valence-corrected chi connectivity index (χ0v) is 14.7. The summed E-state index contributed by atoms with van der Waals surface area (Å²) in [5, 5.41) is 19.9. The second kappa shape index (κ2) is 7.23.